The zero-order chi connectivity index (χ0) is 17.6. The van der Waals surface area contributed by atoms with Gasteiger partial charge in [0.25, 0.3) is 5.91 Å². The van der Waals surface area contributed by atoms with E-state index in [2.05, 4.69) is 4.98 Å². The lowest BCUT2D eigenvalue weighted by Crippen LogP contribution is -2.28. The quantitative estimate of drug-likeness (QED) is 0.722. The van der Waals surface area contributed by atoms with Crippen molar-refractivity contribution in [1.29, 1.82) is 0 Å². The standard InChI is InChI=1S/C19H19FN4O/c1-12-3-4-13(9-15(12)20)19(25)24-8-6-14(11-24)18-22-16-5-7-21-10-17(16)23(18)2/h3-5,7,9-10,14H,6,8,11H2,1-2H3/t14-/m1/s1. The Morgan fingerprint density at radius 3 is 2.92 bits per heavy atom. The van der Waals surface area contributed by atoms with E-state index in [0.717, 1.165) is 23.3 Å². The van der Waals surface area contributed by atoms with Crippen LogP contribution < -0.4 is 0 Å². The van der Waals surface area contributed by atoms with E-state index in [-0.39, 0.29) is 17.6 Å². The van der Waals surface area contributed by atoms with Crippen LogP contribution in [-0.2, 0) is 7.05 Å². The lowest BCUT2D eigenvalue weighted by Gasteiger charge is -2.17. The average Bonchev–Trinajstić information content (AvgIpc) is 3.22. The molecule has 0 radical (unpaired) electrons. The molecule has 4 rings (SSSR count). The number of likely N-dealkylation sites (tertiary alicyclic amines) is 1. The fourth-order valence-corrected chi connectivity index (χ4v) is 3.48. The lowest BCUT2D eigenvalue weighted by molar-refractivity contribution is 0.0790. The Kier molecular flexibility index (Phi) is 3.75. The second-order valence-electron chi connectivity index (χ2n) is 6.59. The van der Waals surface area contributed by atoms with Crippen LogP contribution in [0.1, 0.15) is 34.1 Å². The van der Waals surface area contributed by atoms with Gasteiger partial charge < -0.3 is 9.47 Å². The highest BCUT2D eigenvalue weighted by Gasteiger charge is 2.31. The number of aromatic nitrogens is 3. The molecule has 0 spiro atoms. The predicted octanol–water partition coefficient (Wildman–Crippen LogP) is 3.05. The van der Waals surface area contributed by atoms with Gasteiger partial charge in [-0.25, -0.2) is 9.37 Å². The third-order valence-electron chi connectivity index (χ3n) is 4.98. The first-order chi connectivity index (χ1) is 12.0. The van der Waals surface area contributed by atoms with Crippen LogP contribution in [0.15, 0.2) is 36.7 Å². The Labute approximate surface area is 145 Å². The molecule has 0 aliphatic carbocycles. The number of aryl methyl sites for hydroxylation is 2. The second kappa shape index (κ2) is 5.95. The van der Waals surface area contributed by atoms with E-state index >= 15 is 0 Å². The molecule has 3 heterocycles. The van der Waals surface area contributed by atoms with Crippen molar-refractivity contribution in [2.75, 3.05) is 13.1 Å². The first-order valence-corrected chi connectivity index (χ1v) is 8.36. The topological polar surface area (TPSA) is 51.0 Å². The monoisotopic (exact) mass is 338 g/mol. The fourth-order valence-electron chi connectivity index (χ4n) is 3.48. The molecule has 0 N–H and O–H groups in total. The zero-order valence-electron chi connectivity index (χ0n) is 14.2. The molecular formula is C19H19FN4O. The van der Waals surface area contributed by atoms with E-state index in [1.807, 2.05) is 17.7 Å². The Balaban J connectivity index is 1.57. The smallest absolute Gasteiger partial charge is 0.253 e. The van der Waals surface area contributed by atoms with Crippen molar-refractivity contribution in [3.05, 3.63) is 59.4 Å². The largest absolute Gasteiger partial charge is 0.338 e. The number of nitrogens with zero attached hydrogens (tertiary/aromatic N) is 4. The summed E-state index contributed by atoms with van der Waals surface area (Å²) < 4.78 is 15.8. The van der Waals surface area contributed by atoms with Crippen molar-refractivity contribution >= 4 is 16.9 Å². The SMILES string of the molecule is Cc1ccc(C(=O)N2CC[C@@H](c3nc4ccncc4n3C)C2)cc1F. The van der Waals surface area contributed by atoms with E-state index in [9.17, 15) is 9.18 Å². The van der Waals surface area contributed by atoms with Crippen molar-refractivity contribution < 1.29 is 9.18 Å². The molecule has 1 amide bonds. The van der Waals surface area contributed by atoms with Crippen molar-refractivity contribution in [1.82, 2.24) is 19.4 Å². The molecule has 1 aliphatic heterocycles. The molecule has 0 saturated carbocycles. The molecule has 1 fully saturated rings. The first kappa shape index (κ1) is 15.7. The number of imidazole rings is 1. The molecule has 1 atom stereocenters. The summed E-state index contributed by atoms with van der Waals surface area (Å²) in [5, 5.41) is 0. The highest BCUT2D eigenvalue weighted by molar-refractivity contribution is 5.94. The van der Waals surface area contributed by atoms with Gasteiger partial charge in [0, 0.05) is 37.8 Å². The number of amides is 1. The van der Waals surface area contributed by atoms with Crippen LogP contribution in [0.5, 0.6) is 0 Å². The van der Waals surface area contributed by atoms with E-state index < -0.39 is 0 Å². The summed E-state index contributed by atoms with van der Waals surface area (Å²) in [5.74, 6) is 0.677. The molecule has 1 saturated heterocycles. The van der Waals surface area contributed by atoms with Crippen LogP contribution in [0.25, 0.3) is 11.0 Å². The minimum atomic E-state index is -0.343. The maximum absolute atomic E-state index is 13.7. The van der Waals surface area contributed by atoms with Gasteiger partial charge in [-0.15, -0.1) is 0 Å². The van der Waals surface area contributed by atoms with Crippen molar-refractivity contribution in [2.24, 2.45) is 7.05 Å². The van der Waals surface area contributed by atoms with Crippen LogP contribution in [-0.4, -0.2) is 38.4 Å². The van der Waals surface area contributed by atoms with E-state index in [0.29, 0.717) is 24.2 Å². The molecule has 5 nitrogen and oxygen atoms in total. The third-order valence-corrected chi connectivity index (χ3v) is 4.98. The van der Waals surface area contributed by atoms with Crippen LogP contribution in [0.3, 0.4) is 0 Å². The van der Waals surface area contributed by atoms with Crippen molar-refractivity contribution in [3.63, 3.8) is 0 Å². The predicted molar refractivity (Wildman–Crippen MR) is 92.9 cm³/mol. The number of benzene rings is 1. The summed E-state index contributed by atoms with van der Waals surface area (Å²) in [7, 11) is 1.98. The number of carbonyl (C=O) groups is 1. The highest BCUT2D eigenvalue weighted by atomic mass is 19.1. The normalized spacial score (nSPS) is 17.4. The minimum absolute atomic E-state index is 0.123. The molecule has 3 aromatic rings. The number of hydrogen-bond acceptors (Lipinski definition) is 3. The summed E-state index contributed by atoms with van der Waals surface area (Å²) in [5.41, 5.74) is 2.85. The molecule has 0 unspecified atom stereocenters. The van der Waals surface area contributed by atoms with Crippen LogP contribution in [0, 0.1) is 12.7 Å². The number of halogens is 1. The second-order valence-corrected chi connectivity index (χ2v) is 6.59. The average molecular weight is 338 g/mol. The van der Waals surface area contributed by atoms with Gasteiger partial charge in [-0.2, -0.15) is 0 Å². The fraction of sp³-hybridized carbons (Fsp3) is 0.316. The number of pyridine rings is 1. The maximum atomic E-state index is 13.7. The number of carbonyl (C=O) groups excluding carboxylic acids is 1. The summed E-state index contributed by atoms with van der Waals surface area (Å²) in [6.07, 6.45) is 4.39. The zero-order valence-corrected chi connectivity index (χ0v) is 14.2. The van der Waals surface area contributed by atoms with Crippen LogP contribution in [0.4, 0.5) is 4.39 Å². The van der Waals surface area contributed by atoms with Gasteiger partial charge in [-0.05, 0) is 37.1 Å². The maximum Gasteiger partial charge on any atom is 0.253 e. The van der Waals surface area contributed by atoms with E-state index in [1.54, 1.807) is 36.4 Å². The Morgan fingerprint density at radius 1 is 1.32 bits per heavy atom. The molecular weight excluding hydrogens is 319 g/mol. The summed E-state index contributed by atoms with van der Waals surface area (Å²) in [6, 6.07) is 6.56. The Bertz CT molecular complexity index is 965. The third kappa shape index (κ3) is 2.67. The molecule has 25 heavy (non-hydrogen) atoms. The van der Waals surface area contributed by atoms with Crippen LogP contribution >= 0.6 is 0 Å². The van der Waals surface area contributed by atoms with Gasteiger partial charge in [0.15, 0.2) is 0 Å². The van der Waals surface area contributed by atoms with E-state index in [4.69, 9.17) is 4.98 Å². The molecule has 0 bridgehead atoms. The molecule has 6 heteroatoms. The Morgan fingerprint density at radius 2 is 2.16 bits per heavy atom. The van der Waals surface area contributed by atoms with Gasteiger partial charge >= 0.3 is 0 Å². The van der Waals surface area contributed by atoms with Crippen molar-refractivity contribution in [2.45, 2.75) is 19.3 Å². The molecule has 128 valence electrons. The number of rotatable bonds is 2. The summed E-state index contributed by atoms with van der Waals surface area (Å²) in [6.45, 7) is 2.94. The molecule has 1 aromatic carbocycles. The van der Waals surface area contributed by atoms with Gasteiger partial charge in [0.05, 0.1) is 17.2 Å². The Hall–Kier alpha value is -2.76. The molecule has 2 aromatic heterocycles. The van der Waals surface area contributed by atoms with Gasteiger partial charge in [-0.3, -0.25) is 9.78 Å². The van der Waals surface area contributed by atoms with Crippen molar-refractivity contribution in [3.8, 4) is 0 Å². The van der Waals surface area contributed by atoms with Gasteiger partial charge in [-0.1, -0.05) is 6.07 Å². The molecule has 1 aliphatic rings. The summed E-state index contributed by atoms with van der Waals surface area (Å²) in [4.78, 5) is 23.3. The lowest BCUT2D eigenvalue weighted by atomic mass is 10.1. The summed E-state index contributed by atoms with van der Waals surface area (Å²) >= 11 is 0. The minimum Gasteiger partial charge on any atom is -0.338 e. The van der Waals surface area contributed by atoms with Gasteiger partial charge in [0.1, 0.15) is 11.6 Å². The first-order valence-electron chi connectivity index (χ1n) is 8.36. The van der Waals surface area contributed by atoms with E-state index in [1.165, 1.54) is 6.07 Å². The van der Waals surface area contributed by atoms with Gasteiger partial charge in [0.2, 0.25) is 0 Å². The van der Waals surface area contributed by atoms with Crippen LogP contribution in [0.2, 0.25) is 0 Å². The number of fused-ring (bicyclic) bond motifs is 1. The highest BCUT2D eigenvalue weighted by Crippen LogP contribution is 2.29. The number of hydrogen-bond donors (Lipinski definition) is 0.